The maximum Gasteiger partial charge on any atom is 0.223 e. The van der Waals surface area contributed by atoms with E-state index in [9.17, 15) is 4.79 Å². The molecule has 0 bridgehead atoms. The molecule has 1 heterocycles. The van der Waals surface area contributed by atoms with E-state index in [1.165, 1.54) is 19.3 Å². The van der Waals surface area contributed by atoms with Gasteiger partial charge >= 0.3 is 0 Å². The zero-order valence-corrected chi connectivity index (χ0v) is 10.5. The second-order valence-corrected chi connectivity index (χ2v) is 6.12. The van der Waals surface area contributed by atoms with Crippen LogP contribution < -0.4 is 5.73 Å². The van der Waals surface area contributed by atoms with Crippen LogP contribution in [0.4, 0.5) is 0 Å². The monoisotopic (exact) mass is 224 g/mol. The largest absolute Gasteiger partial charge is 0.336 e. The normalized spacial score (nSPS) is 29.9. The van der Waals surface area contributed by atoms with E-state index in [1.807, 2.05) is 4.90 Å². The zero-order valence-electron chi connectivity index (χ0n) is 10.5. The molecule has 1 aliphatic heterocycles. The Morgan fingerprint density at radius 1 is 1.38 bits per heavy atom. The standard InChI is InChI=1S/C13H24N2O/c1-13(2)7-6-11(14)9-15(13)12(16)8-10-4-3-5-10/h10-11H,3-9,14H2,1-2H3. The molecule has 16 heavy (non-hydrogen) atoms. The Morgan fingerprint density at radius 2 is 2.06 bits per heavy atom. The highest BCUT2D eigenvalue weighted by atomic mass is 16.2. The molecule has 1 saturated carbocycles. The molecule has 1 atom stereocenters. The Kier molecular flexibility index (Phi) is 3.24. The van der Waals surface area contributed by atoms with E-state index in [0.717, 1.165) is 25.8 Å². The third kappa shape index (κ3) is 2.40. The topological polar surface area (TPSA) is 46.3 Å². The predicted molar refractivity (Wildman–Crippen MR) is 65.0 cm³/mol. The highest BCUT2D eigenvalue weighted by molar-refractivity contribution is 5.77. The van der Waals surface area contributed by atoms with Gasteiger partial charge in [0.2, 0.25) is 5.91 Å². The van der Waals surface area contributed by atoms with Gasteiger partial charge in [-0.05, 0) is 45.4 Å². The van der Waals surface area contributed by atoms with Crippen LogP contribution in [0.25, 0.3) is 0 Å². The molecular formula is C13H24N2O. The molecule has 3 heteroatoms. The lowest BCUT2D eigenvalue weighted by Crippen LogP contribution is -2.57. The van der Waals surface area contributed by atoms with E-state index in [-0.39, 0.29) is 11.6 Å². The lowest BCUT2D eigenvalue weighted by molar-refractivity contribution is -0.140. The number of likely N-dealkylation sites (tertiary alicyclic amines) is 1. The van der Waals surface area contributed by atoms with Crippen molar-refractivity contribution >= 4 is 5.91 Å². The summed E-state index contributed by atoms with van der Waals surface area (Å²) in [4.78, 5) is 14.3. The Bertz CT molecular complexity index is 271. The summed E-state index contributed by atoms with van der Waals surface area (Å²) < 4.78 is 0. The summed E-state index contributed by atoms with van der Waals surface area (Å²) in [5.74, 6) is 0.978. The zero-order chi connectivity index (χ0) is 11.8. The van der Waals surface area contributed by atoms with Crippen molar-refractivity contribution in [1.29, 1.82) is 0 Å². The molecule has 1 aliphatic carbocycles. The van der Waals surface area contributed by atoms with Crippen LogP contribution in [0.15, 0.2) is 0 Å². The Labute approximate surface area is 98.4 Å². The number of hydrogen-bond donors (Lipinski definition) is 1. The SMILES string of the molecule is CC1(C)CCC(N)CN1C(=O)CC1CCC1. The predicted octanol–water partition coefficient (Wildman–Crippen LogP) is 1.90. The number of carbonyl (C=O) groups excluding carboxylic acids is 1. The van der Waals surface area contributed by atoms with Crippen molar-refractivity contribution < 1.29 is 4.79 Å². The number of carbonyl (C=O) groups is 1. The van der Waals surface area contributed by atoms with Crippen LogP contribution in [0, 0.1) is 5.92 Å². The fourth-order valence-corrected chi connectivity index (χ4v) is 2.74. The third-order valence-corrected chi connectivity index (χ3v) is 4.26. The average Bonchev–Trinajstić information content (AvgIpc) is 2.15. The van der Waals surface area contributed by atoms with Crippen molar-refractivity contribution in [2.24, 2.45) is 11.7 Å². The number of rotatable bonds is 2. The molecule has 1 amide bonds. The summed E-state index contributed by atoms with van der Waals surface area (Å²) in [5, 5.41) is 0. The minimum atomic E-state index is 0.0106. The minimum absolute atomic E-state index is 0.0106. The van der Waals surface area contributed by atoms with Gasteiger partial charge in [-0.25, -0.2) is 0 Å². The molecule has 0 spiro atoms. The molecule has 2 fully saturated rings. The number of nitrogens with two attached hydrogens (primary N) is 1. The smallest absolute Gasteiger partial charge is 0.223 e. The lowest BCUT2D eigenvalue weighted by Gasteiger charge is -2.45. The number of hydrogen-bond acceptors (Lipinski definition) is 2. The Hall–Kier alpha value is -0.570. The van der Waals surface area contributed by atoms with E-state index < -0.39 is 0 Å². The first-order valence-electron chi connectivity index (χ1n) is 6.55. The van der Waals surface area contributed by atoms with Gasteiger partial charge in [0.25, 0.3) is 0 Å². The lowest BCUT2D eigenvalue weighted by atomic mass is 9.81. The molecule has 0 aromatic rings. The van der Waals surface area contributed by atoms with Crippen molar-refractivity contribution in [2.75, 3.05) is 6.54 Å². The Balaban J connectivity index is 1.95. The van der Waals surface area contributed by atoms with Crippen LogP contribution >= 0.6 is 0 Å². The summed E-state index contributed by atoms with van der Waals surface area (Å²) >= 11 is 0. The maximum atomic E-state index is 12.2. The second kappa shape index (κ2) is 4.36. The van der Waals surface area contributed by atoms with Crippen molar-refractivity contribution in [1.82, 2.24) is 4.90 Å². The quantitative estimate of drug-likeness (QED) is 0.778. The molecule has 2 N–H and O–H groups in total. The molecule has 2 rings (SSSR count). The number of nitrogens with zero attached hydrogens (tertiary/aromatic N) is 1. The first-order valence-corrected chi connectivity index (χ1v) is 6.55. The fourth-order valence-electron chi connectivity index (χ4n) is 2.74. The Morgan fingerprint density at radius 3 is 2.62 bits per heavy atom. The summed E-state index contributed by atoms with van der Waals surface area (Å²) in [6.45, 7) is 5.08. The van der Waals surface area contributed by atoms with Crippen molar-refractivity contribution in [3.05, 3.63) is 0 Å². The van der Waals surface area contributed by atoms with E-state index in [4.69, 9.17) is 5.73 Å². The fraction of sp³-hybridized carbons (Fsp3) is 0.923. The van der Waals surface area contributed by atoms with Gasteiger partial charge in [-0.1, -0.05) is 6.42 Å². The molecule has 3 nitrogen and oxygen atoms in total. The average molecular weight is 224 g/mol. The van der Waals surface area contributed by atoms with Crippen LogP contribution in [0.1, 0.15) is 52.4 Å². The molecular weight excluding hydrogens is 200 g/mol. The summed E-state index contributed by atoms with van der Waals surface area (Å²) in [7, 11) is 0. The van der Waals surface area contributed by atoms with Crippen LogP contribution in [0.3, 0.4) is 0 Å². The van der Waals surface area contributed by atoms with Crippen molar-refractivity contribution in [3.63, 3.8) is 0 Å². The van der Waals surface area contributed by atoms with E-state index in [1.54, 1.807) is 0 Å². The van der Waals surface area contributed by atoms with Gasteiger partial charge in [0.05, 0.1) is 0 Å². The number of piperidine rings is 1. The van der Waals surface area contributed by atoms with Gasteiger partial charge in [0, 0.05) is 24.5 Å². The number of amides is 1. The highest BCUT2D eigenvalue weighted by Crippen LogP contribution is 2.33. The highest BCUT2D eigenvalue weighted by Gasteiger charge is 2.37. The van der Waals surface area contributed by atoms with E-state index in [0.29, 0.717) is 11.8 Å². The third-order valence-electron chi connectivity index (χ3n) is 4.26. The van der Waals surface area contributed by atoms with Gasteiger partial charge in [0.15, 0.2) is 0 Å². The van der Waals surface area contributed by atoms with Gasteiger partial charge in [-0.2, -0.15) is 0 Å². The molecule has 2 aliphatic rings. The molecule has 0 aromatic carbocycles. The summed E-state index contributed by atoms with van der Waals surface area (Å²) in [5.41, 5.74) is 5.98. The molecule has 0 radical (unpaired) electrons. The van der Waals surface area contributed by atoms with Crippen LogP contribution in [-0.4, -0.2) is 28.9 Å². The molecule has 0 aromatic heterocycles. The van der Waals surface area contributed by atoms with Crippen molar-refractivity contribution in [2.45, 2.75) is 64.0 Å². The van der Waals surface area contributed by atoms with Gasteiger partial charge in [-0.15, -0.1) is 0 Å². The van der Waals surface area contributed by atoms with E-state index in [2.05, 4.69) is 13.8 Å². The molecule has 1 unspecified atom stereocenters. The summed E-state index contributed by atoms with van der Waals surface area (Å²) in [6, 6.07) is 0.179. The van der Waals surface area contributed by atoms with Crippen LogP contribution in [0.5, 0.6) is 0 Å². The second-order valence-electron chi connectivity index (χ2n) is 6.12. The first kappa shape index (κ1) is 11.9. The van der Waals surface area contributed by atoms with Gasteiger partial charge < -0.3 is 10.6 Å². The minimum Gasteiger partial charge on any atom is -0.336 e. The molecule has 1 saturated heterocycles. The van der Waals surface area contributed by atoms with Crippen molar-refractivity contribution in [3.8, 4) is 0 Å². The van der Waals surface area contributed by atoms with Gasteiger partial charge in [-0.3, -0.25) is 4.79 Å². The maximum absolute atomic E-state index is 12.2. The van der Waals surface area contributed by atoms with Gasteiger partial charge in [0.1, 0.15) is 0 Å². The molecule has 92 valence electrons. The van der Waals surface area contributed by atoms with Crippen LogP contribution in [0.2, 0.25) is 0 Å². The van der Waals surface area contributed by atoms with E-state index >= 15 is 0 Å². The first-order chi connectivity index (χ1) is 7.49. The van der Waals surface area contributed by atoms with Crippen LogP contribution in [-0.2, 0) is 4.79 Å². The summed E-state index contributed by atoms with van der Waals surface area (Å²) in [6.07, 6.45) is 6.61.